The Hall–Kier alpha value is -4.34. The second-order valence-corrected chi connectivity index (χ2v) is 7.67. The predicted octanol–water partition coefficient (Wildman–Crippen LogP) is 2.15. The summed E-state index contributed by atoms with van der Waals surface area (Å²) in [5, 5.41) is 0. The van der Waals surface area contributed by atoms with Gasteiger partial charge in [-0.05, 0) is 31.2 Å². The van der Waals surface area contributed by atoms with Gasteiger partial charge < -0.3 is 0 Å². The van der Waals surface area contributed by atoms with E-state index in [9.17, 15) is 28.8 Å². The molecule has 8 amide bonds. The second kappa shape index (κ2) is 8.65. The molecule has 0 N–H and O–H groups in total. The molecule has 2 aromatic rings. The fraction of sp³-hybridized carbons (Fsp3) is 0.217. The molecule has 33 heavy (non-hydrogen) atoms. The number of urea groups is 2. The van der Waals surface area contributed by atoms with E-state index in [1.165, 1.54) is 6.92 Å². The predicted molar refractivity (Wildman–Crippen MR) is 116 cm³/mol. The van der Waals surface area contributed by atoms with Gasteiger partial charge in [0.15, 0.2) is 0 Å². The lowest BCUT2D eigenvalue weighted by atomic mass is 10.1. The Labute approximate surface area is 188 Å². The van der Waals surface area contributed by atoms with Crippen LogP contribution in [0.2, 0.25) is 0 Å². The number of rotatable bonds is 5. The Balaban J connectivity index is 1.58. The van der Waals surface area contributed by atoms with Gasteiger partial charge in [0.2, 0.25) is 23.6 Å². The van der Waals surface area contributed by atoms with E-state index in [2.05, 4.69) is 0 Å². The number of amides is 8. The van der Waals surface area contributed by atoms with Crippen LogP contribution in [0.25, 0.3) is 0 Å². The summed E-state index contributed by atoms with van der Waals surface area (Å²) in [6, 6.07) is 13.7. The molecule has 0 saturated carbocycles. The molecule has 4 rings (SSSR count). The maximum absolute atomic E-state index is 13.1. The Morgan fingerprint density at radius 3 is 1.61 bits per heavy atom. The summed E-state index contributed by atoms with van der Waals surface area (Å²) < 4.78 is 0. The lowest BCUT2D eigenvalue weighted by Crippen LogP contribution is -2.62. The summed E-state index contributed by atoms with van der Waals surface area (Å²) in [6.45, 7) is 1.18. The van der Waals surface area contributed by atoms with E-state index in [-0.39, 0.29) is 6.54 Å². The van der Waals surface area contributed by atoms with Crippen LogP contribution in [0.1, 0.15) is 19.8 Å². The normalized spacial score (nSPS) is 18.3. The van der Waals surface area contributed by atoms with Crippen LogP contribution in [0.4, 0.5) is 21.0 Å². The lowest BCUT2D eigenvalue weighted by Gasteiger charge is -2.39. The molecular formula is C23H20N4O6. The smallest absolute Gasteiger partial charge is 0.274 e. The van der Waals surface area contributed by atoms with Crippen molar-refractivity contribution in [3.05, 3.63) is 60.7 Å². The van der Waals surface area contributed by atoms with Gasteiger partial charge in [-0.3, -0.25) is 29.0 Å². The van der Waals surface area contributed by atoms with Crippen LogP contribution in [-0.2, 0) is 19.2 Å². The molecule has 0 spiro atoms. The average molecular weight is 448 g/mol. The van der Waals surface area contributed by atoms with E-state index in [0.29, 0.717) is 11.4 Å². The monoisotopic (exact) mass is 448 g/mol. The zero-order valence-corrected chi connectivity index (χ0v) is 17.7. The first-order valence-corrected chi connectivity index (χ1v) is 10.3. The number of carbonyl (C=O) groups excluding carboxylic acids is 6. The van der Waals surface area contributed by atoms with Gasteiger partial charge in [-0.15, -0.1) is 0 Å². The third kappa shape index (κ3) is 3.98. The van der Waals surface area contributed by atoms with Crippen molar-refractivity contribution in [3.63, 3.8) is 0 Å². The maximum Gasteiger partial charge on any atom is 0.338 e. The van der Waals surface area contributed by atoms with Gasteiger partial charge in [0.05, 0.1) is 24.0 Å². The molecule has 2 aromatic carbocycles. The van der Waals surface area contributed by atoms with Gasteiger partial charge in [-0.1, -0.05) is 36.4 Å². The van der Waals surface area contributed by atoms with Crippen LogP contribution in [0.5, 0.6) is 0 Å². The first kappa shape index (κ1) is 21.9. The SMILES string of the molecule is CC(CN1C(=O)CC(=O)N(c2ccccc2)C1=O)N1C(=O)CC(=O)N(c2ccccc2)C1=O. The van der Waals surface area contributed by atoms with Crippen LogP contribution in [0, 0.1) is 0 Å². The number of barbiturate groups is 2. The Kier molecular flexibility index (Phi) is 5.74. The zero-order chi connectivity index (χ0) is 23.7. The third-order valence-electron chi connectivity index (χ3n) is 5.41. The molecule has 0 aromatic heterocycles. The van der Waals surface area contributed by atoms with E-state index in [4.69, 9.17) is 0 Å². The molecule has 2 heterocycles. The second-order valence-electron chi connectivity index (χ2n) is 7.67. The molecule has 2 fully saturated rings. The minimum absolute atomic E-state index is 0.308. The number of nitrogens with zero attached hydrogens (tertiary/aromatic N) is 4. The number of anilines is 2. The minimum Gasteiger partial charge on any atom is -0.274 e. The topological polar surface area (TPSA) is 115 Å². The Morgan fingerprint density at radius 1 is 0.636 bits per heavy atom. The summed E-state index contributed by atoms with van der Waals surface area (Å²) in [5.41, 5.74) is 0.617. The van der Waals surface area contributed by atoms with E-state index in [1.54, 1.807) is 60.7 Å². The number of para-hydroxylation sites is 2. The molecular weight excluding hydrogens is 428 g/mol. The average Bonchev–Trinajstić information content (AvgIpc) is 2.77. The highest BCUT2D eigenvalue weighted by atomic mass is 16.2. The molecule has 10 nitrogen and oxygen atoms in total. The summed E-state index contributed by atoms with van der Waals surface area (Å²) >= 11 is 0. The van der Waals surface area contributed by atoms with E-state index in [0.717, 1.165) is 19.6 Å². The Bertz CT molecular complexity index is 1150. The van der Waals surface area contributed by atoms with Crippen molar-refractivity contribution >= 4 is 47.1 Å². The highest BCUT2D eigenvalue weighted by Gasteiger charge is 2.44. The van der Waals surface area contributed by atoms with E-state index < -0.39 is 54.6 Å². The van der Waals surface area contributed by atoms with Crippen molar-refractivity contribution in [1.29, 1.82) is 0 Å². The van der Waals surface area contributed by atoms with Gasteiger partial charge >= 0.3 is 12.1 Å². The summed E-state index contributed by atoms with van der Waals surface area (Å²) in [5.74, 6) is -2.77. The molecule has 168 valence electrons. The third-order valence-corrected chi connectivity index (χ3v) is 5.41. The Morgan fingerprint density at radius 2 is 1.09 bits per heavy atom. The van der Waals surface area contributed by atoms with E-state index >= 15 is 0 Å². The van der Waals surface area contributed by atoms with Crippen LogP contribution in [0.15, 0.2) is 60.7 Å². The number of hydrogen-bond donors (Lipinski definition) is 0. The van der Waals surface area contributed by atoms with Crippen molar-refractivity contribution in [2.45, 2.75) is 25.8 Å². The van der Waals surface area contributed by atoms with Gasteiger partial charge in [-0.25, -0.2) is 19.4 Å². The van der Waals surface area contributed by atoms with Crippen LogP contribution in [-0.4, -0.2) is 58.1 Å². The molecule has 2 aliphatic heterocycles. The van der Waals surface area contributed by atoms with Gasteiger partial charge in [-0.2, -0.15) is 0 Å². The first-order chi connectivity index (χ1) is 15.8. The fourth-order valence-corrected chi connectivity index (χ4v) is 3.88. The molecule has 2 aliphatic rings. The molecule has 1 unspecified atom stereocenters. The lowest BCUT2D eigenvalue weighted by molar-refractivity contribution is -0.140. The maximum atomic E-state index is 13.1. The first-order valence-electron chi connectivity index (χ1n) is 10.3. The van der Waals surface area contributed by atoms with Gasteiger partial charge in [0, 0.05) is 0 Å². The molecule has 2 saturated heterocycles. The molecule has 0 aliphatic carbocycles. The van der Waals surface area contributed by atoms with Gasteiger partial charge in [0.1, 0.15) is 12.8 Å². The van der Waals surface area contributed by atoms with Crippen LogP contribution >= 0.6 is 0 Å². The quantitative estimate of drug-likeness (QED) is 0.648. The fourth-order valence-electron chi connectivity index (χ4n) is 3.88. The van der Waals surface area contributed by atoms with Crippen molar-refractivity contribution < 1.29 is 28.8 Å². The highest BCUT2D eigenvalue weighted by molar-refractivity contribution is 6.27. The summed E-state index contributed by atoms with van der Waals surface area (Å²) in [7, 11) is 0. The van der Waals surface area contributed by atoms with Crippen LogP contribution < -0.4 is 9.80 Å². The van der Waals surface area contributed by atoms with Crippen molar-refractivity contribution in [1.82, 2.24) is 9.80 Å². The minimum atomic E-state index is -0.928. The molecule has 0 bridgehead atoms. The standard InChI is InChI=1S/C23H20N4O6/c1-15(25-19(29)13-21(31)27(23(25)33)17-10-6-3-7-11-17)14-24-18(28)12-20(30)26(22(24)32)16-8-4-2-5-9-16/h2-11,15H,12-14H2,1H3. The van der Waals surface area contributed by atoms with Crippen molar-refractivity contribution in [2.75, 3.05) is 16.3 Å². The number of hydrogen-bond acceptors (Lipinski definition) is 6. The van der Waals surface area contributed by atoms with Crippen LogP contribution in [0.3, 0.4) is 0 Å². The number of benzene rings is 2. The molecule has 0 radical (unpaired) electrons. The van der Waals surface area contributed by atoms with Crippen molar-refractivity contribution in [2.24, 2.45) is 0 Å². The van der Waals surface area contributed by atoms with E-state index in [1.807, 2.05) is 0 Å². The van der Waals surface area contributed by atoms with Gasteiger partial charge in [0.25, 0.3) is 0 Å². The zero-order valence-electron chi connectivity index (χ0n) is 17.7. The summed E-state index contributed by atoms with van der Waals surface area (Å²) in [6.07, 6.45) is -1.05. The highest BCUT2D eigenvalue weighted by Crippen LogP contribution is 2.25. The van der Waals surface area contributed by atoms with Crippen molar-refractivity contribution in [3.8, 4) is 0 Å². The summed E-state index contributed by atoms with van der Waals surface area (Å²) in [4.78, 5) is 79.5. The number of imide groups is 4. The number of carbonyl (C=O) groups is 6. The molecule has 10 heteroatoms. The molecule has 1 atom stereocenters. The largest absolute Gasteiger partial charge is 0.338 e.